The van der Waals surface area contributed by atoms with Crippen molar-refractivity contribution in [2.24, 2.45) is 0 Å². The van der Waals surface area contributed by atoms with Crippen LogP contribution in [0.1, 0.15) is 6.42 Å². The molecule has 1 heterocycles. The molecule has 0 N–H and O–H groups in total. The zero-order chi connectivity index (χ0) is 13.2. The number of nitrogens with zero attached hydrogens (tertiary/aromatic N) is 3. The van der Waals surface area contributed by atoms with Crippen molar-refractivity contribution in [1.82, 2.24) is 0 Å². The number of rotatable bonds is 2. The van der Waals surface area contributed by atoms with Crippen molar-refractivity contribution in [2.45, 2.75) is 6.42 Å². The summed E-state index contributed by atoms with van der Waals surface area (Å²) in [6.45, 7) is 3.47. The maximum absolute atomic E-state index is 8.58. The van der Waals surface area contributed by atoms with Gasteiger partial charge in [-0.25, -0.2) is 6.08 Å². The van der Waals surface area contributed by atoms with Crippen LogP contribution in [0.2, 0.25) is 0 Å². The summed E-state index contributed by atoms with van der Waals surface area (Å²) in [5, 5.41) is 4.05. The molecule has 6 nitrogen and oxygen atoms in total. The van der Waals surface area contributed by atoms with Gasteiger partial charge < -0.3 is 25.1 Å². The molecule has 1 saturated heterocycles. The van der Waals surface area contributed by atoms with E-state index in [0.29, 0.717) is 23.7 Å². The summed E-state index contributed by atoms with van der Waals surface area (Å²) < 4.78 is 14.8. The quantitative estimate of drug-likeness (QED) is 0.328. The molecule has 0 aromatic rings. The molecule has 2 aliphatic rings. The predicted molar refractivity (Wildman–Crippen MR) is 73.3 cm³/mol. The number of methoxy groups -OCH3 is 2. The van der Waals surface area contributed by atoms with Gasteiger partial charge >= 0.3 is 19.5 Å². The van der Waals surface area contributed by atoms with Gasteiger partial charge in [0.2, 0.25) is 0 Å². The normalized spacial score (nSPS) is 16.8. The molecular weight excluding hydrogens is 335 g/mol. The molecule has 0 amide bonds. The standard InChI is InChI=1S/C8H9N2O2.C4H8NO.ClH.Zn/c1-11-6-3-4-8(12-2)7(5-6)10-9;1-3-6-4-2-5-1;;/h4H,5H2,1-2H3;1-4H2;1H;/q2*-1;;+2. The van der Waals surface area contributed by atoms with Crippen LogP contribution in [-0.4, -0.2) is 51.0 Å². The summed E-state index contributed by atoms with van der Waals surface area (Å²) in [7, 11) is 3.06. The van der Waals surface area contributed by atoms with Gasteiger partial charge in [-0.05, 0) is 0 Å². The average molecular weight is 353 g/mol. The van der Waals surface area contributed by atoms with Crippen LogP contribution in [-0.2, 0) is 33.7 Å². The Morgan fingerprint density at radius 2 is 1.95 bits per heavy atom. The van der Waals surface area contributed by atoms with Crippen molar-refractivity contribution in [3.8, 4) is 0 Å². The van der Waals surface area contributed by atoms with Crippen molar-refractivity contribution >= 4 is 18.1 Å². The zero-order valence-electron chi connectivity index (χ0n) is 11.8. The van der Waals surface area contributed by atoms with Crippen LogP contribution in [0.4, 0.5) is 0 Å². The first kappa shape index (κ1) is 21.6. The van der Waals surface area contributed by atoms with E-state index >= 15 is 0 Å². The topological polar surface area (TPSA) is 78.2 Å². The maximum Gasteiger partial charge on any atom is 2.00 e. The van der Waals surface area contributed by atoms with Gasteiger partial charge in [-0.1, -0.05) is 0 Å². The predicted octanol–water partition coefficient (Wildman–Crippen LogP) is 1.73. The first-order valence-electron chi connectivity index (χ1n) is 5.64. The van der Waals surface area contributed by atoms with E-state index in [9.17, 15) is 0 Å². The number of ether oxygens (including phenoxy) is 3. The Balaban J connectivity index is 0. The molecule has 108 valence electrons. The minimum absolute atomic E-state index is 0. The summed E-state index contributed by atoms with van der Waals surface area (Å²) in [6.07, 6.45) is 4.84. The van der Waals surface area contributed by atoms with Crippen LogP contribution in [0.5, 0.6) is 0 Å². The van der Waals surface area contributed by atoms with E-state index < -0.39 is 0 Å². The van der Waals surface area contributed by atoms with Gasteiger partial charge in [0.15, 0.2) is 0 Å². The first-order chi connectivity index (χ1) is 8.81. The number of morpholine rings is 1. The second-order valence-corrected chi connectivity index (χ2v) is 3.49. The summed E-state index contributed by atoms with van der Waals surface area (Å²) >= 11 is 0. The fourth-order valence-corrected chi connectivity index (χ4v) is 1.38. The Morgan fingerprint density at radius 1 is 1.30 bits per heavy atom. The van der Waals surface area contributed by atoms with E-state index in [4.69, 9.17) is 19.7 Å². The van der Waals surface area contributed by atoms with Gasteiger partial charge in [0.05, 0.1) is 20.6 Å². The monoisotopic (exact) mass is 351 g/mol. The molecule has 1 aliphatic carbocycles. The number of hydrogen-bond donors (Lipinski definition) is 0. The molecule has 1 aliphatic heterocycles. The molecule has 2 rings (SSSR count). The first-order valence-corrected chi connectivity index (χ1v) is 5.64. The van der Waals surface area contributed by atoms with Crippen LogP contribution >= 0.6 is 12.4 Å². The Labute approximate surface area is 138 Å². The average Bonchev–Trinajstić information content (AvgIpc) is 2.48. The fourth-order valence-electron chi connectivity index (χ4n) is 1.38. The third-order valence-electron chi connectivity index (χ3n) is 2.35. The minimum atomic E-state index is 0. The van der Waals surface area contributed by atoms with E-state index in [1.807, 2.05) is 0 Å². The van der Waals surface area contributed by atoms with Crippen LogP contribution in [0.3, 0.4) is 0 Å². The number of allylic oxidation sites excluding steroid dienone is 4. The molecule has 0 bridgehead atoms. The smallest absolute Gasteiger partial charge is 0.659 e. The van der Waals surface area contributed by atoms with Crippen molar-refractivity contribution in [3.05, 3.63) is 34.5 Å². The van der Waals surface area contributed by atoms with E-state index in [1.165, 1.54) is 7.11 Å². The van der Waals surface area contributed by atoms with Crippen LogP contribution < -0.4 is 0 Å². The van der Waals surface area contributed by atoms with Crippen LogP contribution in [0, 0.1) is 6.08 Å². The zero-order valence-corrected chi connectivity index (χ0v) is 15.6. The van der Waals surface area contributed by atoms with E-state index in [1.54, 1.807) is 13.2 Å². The molecule has 20 heavy (non-hydrogen) atoms. The Hall–Kier alpha value is -0.707. The molecule has 0 spiro atoms. The SMILES string of the molecule is C1COCC[N-]1.COC1=[C-]C=C(OC)C(=[N+]=[N-])C1.Cl.[Zn+2]. The second kappa shape index (κ2) is 13.3. The fraction of sp³-hybridized carbons (Fsp3) is 0.583. The molecule has 0 aromatic heterocycles. The molecule has 0 aromatic carbocycles. The molecule has 0 saturated carbocycles. The Kier molecular flexibility index (Phi) is 14.3. The largest absolute Gasteiger partial charge is 2.00 e. The van der Waals surface area contributed by atoms with Gasteiger partial charge in [0.25, 0.3) is 5.71 Å². The van der Waals surface area contributed by atoms with Crippen molar-refractivity contribution < 1.29 is 38.5 Å². The molecule has 0 radical (unpaired) electrons. The third kappa shape index (κ3) is 7.78. The van der Waals surface area contributed by atoms with Gasteiger partial charge in [-0.15, -0.1) is 25.5 Å². The summed E-state index contributed by atoms with van der Waals surface area (Å²) in [4.78, 5) is 3.08. The second-order valence-electron chi connectivity index (χ2n) is 3.49. The molecular formula is C12H18ClN3O3Zn. The minimum Gasteiger partial charge on any atom is -0.659 e. The molecule has 8 heteroatoms. The maximum atomic E-state index is 8.58. The van der Waals surface area contributed by atoms with Crippen molar-refractivity contribution in [3.63, 3.8) is 0 Å². The van der Waals surface area contributed by atoms with E-state index in [0.717, 1.165) is 26.3 Å². The number of hydrogen-bond acceptors (Lipinski definition) is 3. The number of halogens is 1. The van der Waals surface area contributed by atoms with Crippen molar-refractivity contribution in [1.29, 1.82) is 0 Å². The summed E-state index contributed by atoms with van der Waals surface area (Å²) in [5.74, 6) is 1.14. The van der Waals surface area contributed by atoms with Gasteiger partial charge in [-0.2, -0.15) is 10.9 Å². The summed E-state index contributed by atoms with van der Waals surface area (Å²) in [6, 6.07) is 0. The van der Waals surface area contributed by atoms with Gasteiger partial charge in [0, 0.05) is 24.7 Å². The van der Waals surface area contributed by atoms with Gasteiger partial charge in [0.1, 0.15) is 0 Å². The molecule has 0 unspecified atom stereocenters. The van der Waals surface area contributed by atoms with E-state index in [2.05, 4.69) is 16.2 Å². The summed E-state index contributed by atoms with van der Waals surface area (Å²) in [5.41, 5.74) is 9.03. The van der Waals surface area contributed by atoms with Crippen LogP contribution in [0.15, 0.2) is 17.6 Å². The molecule has 0 atom stereocenters. The van der Waals surface area contributed by atoms with Gasteiger partial charge in [-0.3, -0.25) is 0 Å². The van der Waals surface area contributed by atoms with Crippen LogP contribution in [0.25, 0.3) is 10.8 Å². The Bertz CT molecular complexity index is 367. The third-order valence-corrected chi connectivity index (χ3v) is 2.35. The Morgan fingerprint density at radius 3 is 2.30 bits per heavy atom. The molecule has 1 fully saturated rings. The van der Waals surface area contributed by atoms with E-state index in [-0.39, 0.29) is 31.9 Å². The van der Waals surface area contributed by atoms with Crippen molar-refractivity contribution in [2.75, 3.05) is 40.5 Å².